The minimum Gasteiger partial charge on any atom is -0.465 e. The largest absolute Gasteiger partial charge is 0.465 e. The lowest BCUT2D eigenvalue weighted by molar-refractivity contribution is -0.159. The van der Waals surface area contributed by atoms with Gasteiger partial charge in [0.1, 0.15) is 6.04 Å². The van der Waals surface area contributed by atoms with E-state index in [2.05, 4.69) is 13.8 Å². The highest BCUT2D eigenvalue weighted by Gasteiger charge is 2.18. The number of carbonyl (C=O) groups is 3. The van der Waals surface area contributed by atoms with Crippen LogP contribution in [0.15, 0.2) is 0 Å². The van der Waals surface area contributed by atoms with Crippen molar-refractivity contribution in [3.8, 4) is 0 Å². The second-order valence-electron chi connectivity index (χ2n) is 9.92. The molecular formula is C29H55NO5. The summed E-state index contributed by atoms with van der Waals surface area (Å²) in [6.45, 7) is 4.81. The first-order valence-corrected chi connectivity index (χ1v) is 14.7. The fourth-order valence-corrected chi connectivity index (χ4v) is 4.07. The highest BCUT2D eigenvalue weighted by atomic mass is 16.6. The first-order chi connectivity index (χ1) is 17.0. The van der Waals surface area contributed by atoms with Crippen LogP contribution < -0.4 is 5.73 Å². The topological polar surface area (TPSA) is 95.7 Å². The second-order valence-corrected chi connectivity index (χ2v) is 9.92. The number of esters is 3. The van der Waals surface area contributed by atoms with Gasteiger partial charge in [-0.2, -0.15) is 0 Å². The van der Waals surface area contributed by atoms with Gasteiger partial charge in [0.25, 0.3) is 0 Å². The number of nitrogens with two attached hydrogens (primary N) is 1. The SMILES string of the molecule is CCCCCCCCCCCCOC(=O)[C@@H](N)CCC(=O)OC(=O)CCCCCCCCCCC. The Labute approximate surface area is 215 Å². The van der Waals surface area contributed by atoms with Crippen LogP contribution in [-0.4, -0.2) is 30.6 Å². The standard InChI is InChI=1S/C29H55NO5/c1-3-5-7-9-11-13-15-17-19-21-25-34-29(33)26(30)23-24-28(32)35-27(31)22-20-18-16-14-12-10-8-6-4-2/h26H,3-25,30H2,1-2H3/t26-/m0/s1. The molecular weight excluding hydrogens is 442 g/mol. The molecule has 206 valence electrons. The number of hydrogen-bond acceptors (Lipinski definition) is 6. The van der Waals surface area contributed by atoms with Crippen LogP contribution >= 0.6 is 0 Å². The number of rotatable bonds is 25. The molecule has 35 heavy (non-hydrogen) atoms. The molecule has 0 rings (SSSR count). The zero-order chi connectivity index (χ0) is 26.0. The highest BCUT2D eigenvalue weighted by molar-refractivity contribution is 5.85. The minimum absolute atomic E-state index is 0.0575. The summed E-state index contributed by atoms with van der Waals surface area (Å²) in [7, 11) is 0. The van der Waals surface area contributed by atoms with Crippen molar-refractivity contribution in [3.05, 3.63) is 0 Å². The molecule has 0 aromatic heterocycles. The van der Waals surface area contributed by atoms with Gasteiger partial charge in [0, 0.05) is 12.8 Å². The Balaban J connectivity index is 3.59. The molecule has 0 unspecified atom stereocenters. The monoisotopic (exact) mass is 497 g/mol. The molecule has 0 fully saturated rings. The van der Waals surface area contributed by atoms with E-state index in [9.17, 15) is 14.4 Å². The smallest absolute Gasteiger partial charge is 0.322 e. The van der Waals surface area contributed by atoms with E-state index >= 15 is 0 Å². The van der Waals surface area contributed by atoms with Crippen LogP contribution in [0.25, 0.3) is 0 Å². The molecule has 0 aromatic carbocycles. The maximum atomic E-state index is 12.0. The lowest BCUT2D eigenvalue weighted by Gasteiger charge is -2.11. The summed E-state index contributed by atoms with van der Waals surface area (Å²) < 4.78 is 10.1. The average molecular weight is 498 g/mol. The number of hydrogen-bond donors (Lipinski definition) is 1. The summed E-state index contributed by atoms with van der Waals surface area (Å²) in [4.78, 5) is 35.6. The highest BCUT2D eigenvalue weighted by Crippen LogP contribution is 2.12. The maximum Gasteiger partial charge on any atom is 0.322 e. The van der Waals surface area contributed by atoms with Gasteiger partial charge in [-0.3, -0.25) is 14.4 Å². The van der Waals surface area contributed by atoms with E-state index in [1.165, 1.54) is 83.5 Å². The van der Waals surface area contributed by atoms with E-state index in [-0.39, 0.29) is 19.3 Å². The Morgan fingerprint density at radius 2 is 0.971 bits per heavy atom. The molecule has 0 spiro atoms. The van der Waals surface area contributed by atoms with Gasteiger partial charge >= 0.3 is 17.9 Å². The molecule has 6 heteroatoms. The molecule has 0 amide bonds. The first-order valence-electron chi connectivity index (χ1n) is 14.7. The van der Waals surface area contributed by atoms with E-state index in [0.29, 0.717) is 6.61 Å². The summed E-state index contributed by atoms with van der Waals surface area (Å²) in [5.74, 6) is -1.60. The summed E-state index contributed by atoms with van der Waals surface area (Å²) in [6.07, 6.45) is 23.0. The molecule has 0 aliphatic heterocycles. The van der Waals surface area contributed by atoms with Crippen molar-refractivity contribution in [2.45, 2.75) is 161 Å². The van der Waals surface area contributed by atoms with Crippen molar-refractivity contribution >= 4 is 17.9 Å². The third-order valence-corrected chi connectivity index (χ3v) is 6.42. The Morgan fingerprint density at radius 3 is 1.46 bits per heavy atom. The molecule has 2 N–H and O–H groups in total. The van der Waals surface area contributed by atoms with E-state index in [1.807, 2.05) is 0 Å². The van der Waals surface area contributed by atoms with Gasteiger partial charge in [0.2, 0.25) is 0 Å². The molecule has 0 aliphatic rings. The predicted octanol–water partition coefficient (Wildman–Crippen LogP) is 7.55. The van der Waals surface area contributed by atoms with Gasteiger partial charge < -0.3 is 15.2 Å². The molecule has 0 saturated heterocycles. The third-order valence-electron chi connectivity index (χ3n) is 6.42. The van der Waals surface area contributed by atoms with Gasteiger partial charge in [-0.1, -0.05) is 123 Å². The normalized spacial score (nSPS) is 11.9. The Hall–Kier alpha value is -1.43. The predicted molar refractivity (Wildman–Crippen MR) is 143 cm³/mol. The molecule has 0 heterocycles. The third kappa shape index (κ3) is 24.1. The van der Waals surface area contributed by atoms with Gasteiger partial charge in [-0.05, 0) is 19.3 Å². The quantitative estimate of drug-likeness (QED) is 0.0794. The lowest BCUT2D eigenvalue weighted by atomic mass is 10.1. The van der Waals surface area contributed by atoms with Crippen LogP contribution in [0.2, 0.25) is 0 Å². The van der Waals surface area contributed by atoms with Crippen molar-refractivity contribution < 1.29 is 23.9 Å². The van der Waals surface area contributed by atoms with E-state index < -0.39 is 23.9 Å². The fourth-order valence-electron chi connectivity index (χ4n) is 4.07. The summed E-state index contributed by atoms with van der Waals surface area (Å²) in [5, 5.41) is 0. The van der Waals surface area contributed by atoms with Crippen LogP contribution in [0.5, 0.6) is 0 Å². The molecule has 0 radical (unpaired) electrons. The van der Waals surface area contributed by atoms with Gasteiger partial charge in [0.05, 0.1) is 6.61 Å². The molecule has 0 aliphatic carbocycles. The zero-order valence-corrected chi connectivity index (χ0v) is 23.0. The minimum atomic E-state index is -0.863. The van der Waals surface area contributed by atoms with E-state index in [4.69, 9.17) is 15.2 Å². The van der Waals surface area contributed by atoms with Crippen molar-refractivity contribution in [3.63, 3.8) is 0 Å². The second kappa shape index (κ2) is 25.7. The van der Waals surface area contributed by atoms with Gasteiger partial charge in [-0.25, -0.2) is 0 Å². The summed E-state index contributed by atoms with van der Waals surface area (Å²) >= 11 is 0. The van der Waals surface area contributed by atoms with Crippen LogP contribution in [0, 0.1) is 0 Å². The number of ether oxygens (including phenoxy) is 2. The summed E-state index contributed by atoms with van der Waals surface area (Å²) in [6, 6.07) is -0.863. The molecule has 1 atom stereocenters. The molecule has 6 nitrogen and oxygen atoms in total. The lowest BCUT2D eigenvalue weighted by Crippen LogP contribution is -2.33. The average Bonchev–Trinajstić information content (AvgIpc) is 2.84. The van der Waals surface area contributed by atoms with E-state index in [0.717, 1.165) is 38.5 Å². The van der Waals surface area contributed by atoms with Crippen LogP contribution in [0.1, 0.15) is 155 Å². The van der Waals surface area contributed by atoms with Crippen molar-refractivity contribution in [1.82, 2.24) is 0 Å². The van der Waals surface area contributed by atoms with Gasteiger partial charge in [-0.15, -0.1) is 0 Å². The van der Waals surface area contributed by atoms with E-state index in [1.54, 1.807) is 0 Å². The van der Waals surface area contributed by atoms with Crippen LogP contribution in [0.4, 0.5) is 0 Å². The first kappa shape index (κ1) is 33.6. The Bertz CT molecular complexity index is 523. The fraction of sp³-hybridized carbons (Fsp3) is 0.897. The molecule has 0 aromatic rings. The van der Waals surface area contributed by atoms with Gasteiger partial charge in [0.15, 0.2) is 0 Å². The number of unbranched alkanes of at least 4 members (excludes halogenated alkanes) is 17. The molecule has 0 bridgehead atoms. The maximum absolute atomic E-state index is 12.0. The zero-order valence-electron chi connectivity index (χ0n) is 23.0. The van der Waals surface area contributed by atoms with Crippen LogP contribution in [-0.2, 0) is 23.9 Å². The van der Waals surface area contributed by atoms with Crippen LogP contribution in [0.3, 0.4) is 0 Å². The van der Waals surface area contributed by atoms with Crippen molar-refractivity contribution in [1.29, 1.82) is 0 Å². The number of carbonyl (C=O) groups excluding carboxylic acids is 3. The Morgan fingerprint density at radius 1 is 0.571 bits per heavy atom. The summed E-state index contributed by atoms with van der Waals surface area (Å²) in [5.41, 5.74) is 5.82. The van der Waals surface area contributed by atoms with Crippen molar-refractivity contribution in [2.24, 2.45) is 5.73 Å². The Kier molecular flexibility index (Phi) is 24.6. The van der Waals surface area contributed by atoms with Crippen molar-refractivity contribution in [2.75, 3.05) is 6.61 Å². The molecule has 0 saturated carbocycles.